The van der Waals surface area contributed by atoms with Crippen LogP contribution in [-0.2, 0) is 6.54 Å². The Kier molecular flexibility index (Phi) is 2.98. The fourth-order valence-corrected chi connectivity index (χ4v) is 1.96. The quantitative estimate of drug-likeness (QED) is 0.715. The molecule has 0 N–H and O–H groups in total. The van der Waals surface area contributed by atoms with Gasteiger partial charge >= 0.3 is 0 Å². The number of hydrogen-bond acceptors (Lipinski definition) is 2. The van der Waals surface area contributed by atoms with Gasteiger partial charge in [0.25, 0.3) is 5.56 Å². The molecule has 2 heterocycles. The van der Waals surface area contributed by atoms with Crippen molar-refractivity contribution in [1.82, 2.24) is 14.3 Å². The fourth-order valence-electron chi connectivity index (χ4n) is 1.96. The van der Waals surface area contributed by atoms with Gasteiger partial charge in [-0.2, -0.15) is 5.10 Å². The Morgan fingerprint density at radius 1 is 0.947 bits per heavy atom. The SMILES string of the molecule is O=c1ccccn1Cc1ccc(-n2cccn2)cc1. The van der Waals surface area contributed by atoms with E-state index in [0.717, 1.165) is 11.3 Å². The molecule has 0 saturated heterocycles. The van der Waals surface area contributed by atoms with E-state index >= 15 is 0 Å². The average molecular weight is 251 g/mol. The fraction of sp³-hybridized carbons (Fsp3) is 0.0667. The van der Waals surface area contributed by atoms with Crippen molar-refractivity contribution in [3.63, 3.8) is 0 Å². The van der Waals surface area contributed by atoms with Gasteiger partial charge in [-0.25, -0.2) is 4.68 Å². The topological polar surface area (TPSA) is 39.8 Å². The first-order chi connectivity index (χ1) is 9.33. The zero-order chi connectivity index (χ0) is 13.1. The third-order valence-electron chi connectivity index (χ3n) is 2.96. The van der Waals surface area contributed by atoms with E-state index in [1.807, 2.05) is 42.6 Å². The Balaban J connectivity index is 1.84. The molecule has 0 radical (unpaired) electrons. The van der Waals surface area contributed by atoms with Crippen molar-refractivity contribution in [2.75, 3.05) is 0 Å². The molecule has 3 rings (SSSR count). The molecule has 0 atom stereocenters. The smallest absolute Gasteiger partial charge is 0.250 e. The highest BCUT2D eigenvalue weighted by Crippen LogP contribution is 2.09. The van der Waals surface area contributed by atoms with Crippen LogP contribution in [0.4, 0.5) is 0 Å². The Hall–Kier alpha value is -2.62. The van der Waals surface area contributed by atoms with E-state index in [9.17, 15) is 4.79 Å². The highest BCUT2D eigenvalue weighted by molar-refractivity contribution is 5.33. The summed E-state index contributed by atoms with van der Waals surface area (Å²) >= 11 is 0. The van der Waals surface area contributed by atoms with Gasteiger partial charge in [0.05, 0.1) is 12.2 Å². The van der Waals surface area contributed by atoms with Gasteiger partial charge in [-0.1, -0.05) is 18.2 Å². The molecule has 0 saturated carbocycles. The van der Waals surface area contributed by atoms with Crippen LogP contribution in [0.1, 0.15) is 5.56 Å². The second kappa shape index (κ2) is 4.94. The molecule has 94 valence electrons. The van der Waals surface area contributed by atoms with Gasteiger partial charge < -0.3 is 4.57 Å². The van der Waals surface area contributed by atoms with Crippen LogP contribution >= 0.6 is 0 Å². The molecule has 0 amide bonds. The van der Waals surface area contributed by atoms with Crippen LogP contribution < -0.4 is 5.56 Å². The molecule has 2 aromatic heterocycles. The number of aromatic nitrogens is 3. The van der Waals surface area contributed by atoms with Gasteiger partial charge in [0.2, 0.25) is 0 Å². The molecule has 3 aromatic rings. The molecule has 1 aromatic carbocycles. The van der Waals surface area contributed by atoms with Crippen molar-refractivity contribution in [2.24, 2.45) is 0 Å². The van der Waals surface area contributed by atoms with Crippen molar-refractivity contribution in [1.29, 1.82) is 0 Å². The molecule has 0 spiro atoms. The zero-order valence-electron chi connectivity index (χ0n) is 10.3. The number of benzene rings is 1. The first kappa shape index (κ1) is 11.5. The van der Waals surface area contributed by atoms with Gasteiger partial charge in [-0.15, -0.1) is 0 Å². The highest BCUT2D eigenvalue weighted by atomic mass is 16.1. The van der Waals surface area contributed by atoms with Crippen LogP contribution in [0.5, 0.6) is 0 Å². The van der Waals surface area contributed by atoms with Crippen molar-refractivity contribution >= 4 is 0 Å². The molecule has 0 unspecified atom stereocenters. The van der Waals surface area contributed by atoms with E-state index in [-0.39, 0.29) is 5.56 Å². The lowest BCUT2D eigenvalue weighted by Crippen LogP contribution is -2.18. The third kappa shape index (κ3) is 2.47. The second-order valence-corrected chi connectivity index (χ2v) is 4.28. The molecular weight excluding hydrogens is 238 g/mol. The van der Waals surface area contributed by atoms with Crippen molar-refractivity contribution in [3.05, 3.63) is 83.0 Å². The summed E-state index contributed by atoms with van der Waals surface area (Å²) in [5.41, 5.74) is 2.11. The van der Waals surface area contributed by atoms with Gasteiger partial charge in [-0.05, 0) is 29.8 Å². The van der Waals surface area contributed by atoms with Crippen LogP contribution in [0.2, 0.25) is 0 Å². The molecule has 0 fully saturated rings. The minimum absolute atomic E-state index is 0.0126. The zero-order valence-corrected chi connectivity index (χ0v) is 10.3. The van der Waals surface area contributed by atoms with Crippen molar-refractivity contribution in [2.45, 2.75) is 6.54 Å². The molecule has 0 aliphatic rings. The molecule has 0 aliphatic carbocycles. The number of pyridine rings is 1. The first-order valence-electron chi connectivity index (χ1n) is 6.07. The minimum Gasteiger partial charge on any atom is -0.311 e. The van der Waals surface area contributed by atoms with Crippen LogP contribution in [0.25, 0.3) is 5.69 Å². The minimum atomic E-state index is 0.0126. The summed E-state index contributed by atoms with van der Waals surface area (Å²) in [5, 5.41) is 4.18. The molecule has 4 heteroatoms. The molecule has 0 bridgehead atoms. The summed E-state index contributed by atoms with van der Waals surface area (Å²) in [6.07, 6.45) is 5.44. The Bertz CT molecular complexity index is 712. The summed E-state index contributed by atoms with van der Waals surface area (Å²) < 4.78 is 3.49. The molecular formula is C15H13N3O. The van der Waals surface area contributed by atoms with Gasteiger partial charge in [0.1, 0.15) is 0 Å². The molecule has 19 heavy (non-hydrogen) atoms. The normalized spacial score (nSPS) is 10.5. The summed E-state index contributed by atoms with van der Waals surface area (Å²) in [6.45, 7) is 0.582. The number of nitrogens with zero attached hydrogens (tertiary/aromatic N) is 3. The monoisotopic (exact) mass is 251 g/mol. The predicted octanol–water partition coefficient (Wildman–Crippen LogP) is 2.08. The highest BCUT2D eigenvalue weighted by Gasteiger charge is 1.99. The summed E-state index contributed by atoms with van der Waals surface area (Å²) in [6, 6.07) is 15.1. The first-order valence-corrected chi connectivity index (χ1v) is 6.07. The predicted molar refractivity (Wildman–Crippen MR) is 73.4 cm³/mol. The summed E-state index contributed by atoms with van der Waals surface area (Å²) in [5.74, 6) is 0. The lowest BCUT2D eigenvalue weighted by Gasteiger charge is -2.06. The summed E-state index contributed by atoms with van der Waals surface area (Å²) in [4.78, 5) is 11.6. The molecule has 4 nitrogen and oxygen atoms in total. The van der Waals surface area contributed by atoms with E-state index in [1.54, 1.807) is 33.8 Å². The Labute approximate surface area is 110 Å². The second-order valence-electron chi connectivity index (χ2n) is 4.28. The van der Waals surface area contributed by atoms with Gasteiger partial charge in [0, 0.05) is 24.7 Å². The maximum atomic E-state index is 11.6. The number of hydrogen-bond donors (Lipinski definition) is 0. The van der Waals surface area contributed by atoms with Crippen LogP contribution in [0, 0.1) is 0 Å². The third-order valence-corrected chi connectivity index (χ3v) is 2.96. The standard InChI is InChI=1S/C15H13N3O/c19-15-4-1-2-10-17(15)12-13-5-7-14(8-6-13)18-11-3-9-16-18/h1-11H,12H2. The Morgan fingerprint density at radius 3 is 2.47 bits per heavy atom. The number of rotatable bonds is 3. The maximum absolute atomic E-state index is 11.6. The largest absolute Gasteiger partial charge is 0.311 e. The van der Waals surface area contributed by atoms with Crippen LogP contribution in [-0.4, -0.2) is 14.3 Å². The van der Waals surface area contributed by atoms with Crippen molar-refractivity contribution < 1.29 is 0 Å². The van der Waals surface area contributed by atoms with Crippen molar-refractivity contribution in [3.8, 4) is 5.69 Å². The Morgan fingerprint density at radius 2 is 1.79 bits per heavy atom. The lowest BCUT2D eigenvalue weighted by molar-refractivity contribution is 0.758. The van der Waals surface area contributed by atoms with Crippen LogP contribution in [0.15, 0.2) is 71.9 Å². The maximum Gasteiger partial charge on any atom is 0.250 e. The van der Waals surface area contributed by atoms with Crippen LogP contribution in [0.3, 0.4) is 0 Å². The van der Waals surface area contributed by atoms with E-state index in [2.05, 4.69) is 5.10 Å². The van der Waals surface area contributed by atoms with E-state index in [4.69, 9.17) is 0 Å². The van der Waals surface area contributed by atoms with E-state index in [0.29, 0.717) is 6.54 Å². The summed E-state index contributed by atoms with van der Waals surface area (Å²) in [7, 11) is 0. The lowest BCUT2D eigenvalue weighted by atomic mass is 10.2. The molecule has 0 aliphatic heterocycles. The average Bonchev–Trinajstić information content (AvgIpc) is 2.96. The van der Waals surface area contributed by atoms with Gasteiger partial charge in [0.15, 0.2) is 0 Å². The van der Waals surface area contributed by atoms with E-state index < -0.39 is 0 Å². The van der Waals surface area contributed by atoms with Gasteiger partial charge in [-0.3, -0.25) is 4.79 Å². The van der Waals surface area contributed by atoms with E-state index in [1.165, 1.54) is 0 Å².